The molecular formula is C19H19F2NO4. The lowest BCUT2D eigenvalue weighted by Crippen LogP contribution is -2.14. The van der Waals surface area contributed by atoms with Crippen molar-refractivity contribution in [2.75, 3.05) is 12.4 Å². The Kier molecular flexibility index (Phi) is 6.66. The van der Waals surface area contributed by atoms with Crippen molar-refractivity contribution in [1.82, 2.24) is 0 Å². The number of amides is 1. The summed E-state index contributed by atoms with van der Waals surface area (Å²) in [5.41, 5.74) is 1.79. The minimum atomic E-state index is -2.90. The van der Waals surface area contributed by atoms with Crippen LogP contribution in [0.25, 0.3) is 0 Å². The second-order valence-corrected chi connectivity index (χ2v) is 5.58. The molecule has 0 aromatic heterocycles. The number of hydrogen-bond donors (Lipinski definition) is 1. The normalized spacial score (nSPS) is 10.5. The van der Waals surface area contributed by atoms with Gasteiger partial charge in [0.1, 0.15) is 11.5 Å². The van der Waals surface area contributed by atoms with Crippen molar-refractivity contribution >= 4 is 17.4 Å². The lowest BCUT2D eigenvalue weighted by molar-refractivity contribution is -0.116. The van der Waals surface area contributed by atoms with Crippen LogP contribution in [0.15, 0.2) is 42.5 Å². The molecule has 5 nitrogen and oxygen atoms in total. The van der Waals surface area contributed by atoms with Gasteiger partial charge < -0.3 is 14.8 Å². The first kappa shape index (κ1) is 19.4. The zero-order chi connectivity index (χ0) is 19.1. The van der Waals surface area contributed by atoms with Crippen LogP contribution in [0.5, 0.6) is 11.5 Å². The van der Waals surface area contributed by atoms with E-state index in [9.17, 15) is 18.4 Å². The van der Waals surface area contributed by atoms with Crippen molar-refractivity contribution in [2.24, 2.45) is 0 Å². The van der Waals surface area contributed by atoms with Crippen LogP contribution in [0.4, 0.5) is 14.5 Å². The van der Waals surface area contributed by atoms with Crippen molar-refractivity contribution in [3.63, 3.8) is 0 Å². The predicted molar refractivity (Wildman–Crippen MR) is 93.0 cm³/mol. The largest absolute Gasteiger partial charge is 0.496 e. The third-order valence-corrected chi connectivity index (χ3v) is 3.60. The minimum absolute atomic E-state index is 0.000260. The van der Waals surface area contributed by atoms with Crippen LogP contribution in [-0.4, -0.2) is 25.4 Å². The average Bonchev–Trinajstić information content (AvgIpc) is 2.61. The van der Waals surface area contributed by atoms with Gasteiger partial charge in [0.2, 0.25) is 5.91 Å². The number of ketones is 1. The van der Waals surface area contributed by atoms with Gasteiger partial charge in [0.05, 0.1) is 12.7 Å². The number of anilines is 1. The lowest BCUT2D eigenvalue weighted by Gasteiger charge is -2.09. The molecule has 0 bridgehead atoms. The maximum absolute atomic E-state index is 12.3. The molecule has 1 amide bonds. The summed E-state index contributed by atoms with van der Waals surface area (Å²) in [5.74, 6) is -0.0794. The van der Waals surface area contributed by atoms with E-state index in [2.05, 4.69) is 10.1 Å². The lowest BCUT2D eigenvalue weighted by atomic mass is 10.0. The minimum Gasteiger partial charge on any atom is -0.496 e. The fraction of sp³-hybridized carbons (Fsp3) is 0.263. The van der Waals surface area contributed by atoms with Gasteiger partial charge in [-0.1, -0.05) is 11.6 Å². The summed E-state index contributed by atoms with van der Waals surface area (Å²) in [7, 11) is 1.48. The van der Waals surface area contributed by atoms with Crippen molar-refractivity contribution in [3.8, 4) is 11.5 Å². The number of ether oxygens (including phenoxy) is 2. The van der Waals surface area contributed by atoms with E-state index < -0.39 is 6.61 Å². The monoisotopic (exact) mass is 363 g/mol. The maximum atomic E-state index is 12.3. The third kappa shape index (κ3) is 5.54. The molecule has 1 N–H and O–H groups in total. The molecule has 0 atom stereocenters. The van der Waals surface area contributed by atoms with E-state index in [-0.39, 0.29) is 30.3 Å². The van der Waals surface area contributed by atoms with Gasteiger partial charge in [-0.2, -0.15) is 8.78 Å². The number of rotatable bonds is 8. The van der Waals surface area contributed by atoms with Gasteiger partial charge in [0.25, 0.3) is 0 Å². The van der Waals surface area contributed by atoms with Crippen molar-refractivity contribution in [2.45, 2.75) is 26.4 Å². The van der Waals surface area contributed by atoms with Crippen LogP contribution >= 0.6 is 0 Å². The molecule has 0 radical (unpaired) electrons. The number of alkyl halides is 2. The summed E-state index contributed by atoms with van der Waals surface area (Å²) in [4.78, 5) is 24.3. The number of hydrogen-bond acceptors (Lipinski definition) is 4. The van der Waals surface area contributed by atoms with Crippen LogP contribution in [0.1, 0.15) is 28.8 Å². The fourth-order valence-corrected chi connectivity index (χ4v) is 2.34. The van der Waals surface area contributed by atoms with Crippen LogP contribution in [-0.2, 0) is 4.79 Å². The standard InChI is InChI=1S/C19H19F2NO4/c1-12-3-9-17(25-2)15(11-12)16(23)8-10-18(24)22-13-4-6-14(7-5-13)26-19(20)21/h3-7,9,11,19H,8,10H2,1-2H3,(H,22,24). The highest BCUT2D eigenvalue weighted by molar-refractivity contribution is 6.01. The molecule has 0 saturated heterocycles. The van der Waals surface area contributed by atoms with E-state index in [1.165, 1.54) is 31.4 Å². The summed E-state index contributed by atoms with van der Waals surface area (Å²) in [6.07, 6.45) is 0.0173. The molecule has 0 saturated carbocycles. The van der Waals surface area contributed by atoms with Gasteiger partial charge in [-0.25, -0.2) is 0 Å². The Bertz CT molecular complexity index is 776. The molecule has 0 heterocycles. The van der Waals surface area contributed by atoms with E-state index >= 15 is 0 Å². The summed E-state index contributed by atoms with van der Waals surface area (Å²) >= 11 is 0. The Labute approximate surface area is 149 Å². The number of methoxy groups -OCH3 is 1. The molecule has 0 unspecified atom stereocenters. The van der Waals surface area contributed by atoms with Gasteiger partial charge in [-0.05, 0) is 43.3 Å². The summed E-state index contributed by atoms with van der Waals surface area (Å²) in [6, 6.07) is 10.8. The van der Waals surface area contributed by atoms with Gasteiger partial charge in [-0.3, -0.25) is 9.59 Å². The Balaban J connectivity index is 1.90. The molecule has 2 aromatic carbocycles. The number of benzene rings is 2. The van der Waals surface area contributed by atoms with Crippen LogP contribution in [0, 0.1) is 6.92 Å². The van der Waals surface area contributed by atoms with E-state index in [0.29, 0.717) is 17.0 Å². The van der Waals surface area contributed by atoms with Crippen molar-refractivity contribution < 1.29 is 27.8 Å². The van der Waals surface area contributed by atoms with Gasteiger partial charge in [0, 0.05) is 18.5 Å². The van der Waals surface area contributed by atoms with E-state index in [1.807, 2.05) is 13.0 Å². The topological polar surface area (TPSA) is 64.6 Å². The van der Waals surface area contributed by atoms with Crippen LogP contribution < -0.4 is 14.8 Å². The van der Waals surface area contributed by atoms with Gasteiger partial charge in [-0.15, -0.1) is 0 Å². The molecule has 2 rings (SSSR count). The Hall–Kier alpha value is -2.96. The average molecular weight is 363 g/mol. The summed E-state index contributed by atoms with van der Waals surface area (Å²) < 4.78 is 33.6. The van der Waals surface area contributed by atoms with E-state index in [4.69, 9.17) is 4.74 Å². The first-order valence-electron chi connectivity index (χ1n) is 7.91. The second kappa shape index (κ2) is 8.94. The second-order valence-electron chi connectivity index (χ2n) is 5.58. The molecule has 0 fully saturated rings. The summed E-state index contributed by atoms with van der Waals surface area (Å²) in [6.45, 7) is -1.04. The molecule has 2 aromatic rings. The highest BCUT2D eigenvalue weighted by atomic mass is 19.3. The van der Waals surface area contributed by atoms with Crippen LogP contribution in [0.2, 0.25) is 0 Å². The number of aryl methyl sites for hydroxylation is 1. The predicted octanol–water partition coefficient (Wildman–Crippen LogP) is 4.21. The summed E-state index contributed by atoms with van der Waals surface area (Å²) in [5, 5.41) is 2.60. The highest BCUT2D eigenvalue weighted by Gasteiger charge is 2.14. The zero-order valence-electron chi connectivity index (χ0n) is 14.4. The zero-order valence-corrected chi connectivity index (χ0v) is 14.4. The van der Waals surface area contributed by atoms with Gasteiger partial charge in [0.15, 0.2) is 5.78 Å². The van der Waals surface area contributed by atoms with Crippen molar-refractivity contribution in [3.05, 3.63) is 53.6 Å². The number of carbonyl (C=O) groups excluding carboxylic acids is 2. The van der Waals surface area contributed by atoms with E-state index in [0.717, 1.165) is 5.56 Å². The molecule has 26 heavy (non-hydrogen) atoms. The molecule has 138 valence electrons. The molecule has 0 aliphatic heterocycles. The molecule has 0 aliphatic carbocycles. The molecule has 7 heteroatoms. The maximum Gasteiger partial charge on any atom is 0.387 e. The number of Topliss-reactive ketones (excluding diaryl/α,β-unsaturated/α-hetero) is 1. The highest BCUT2D eigenvalue weighted by Crippen LogP contribution is 2.22. The number of nitrogens with one attached hydrogen (secondary N) is 1. The van der Waals surface area contributed by atoms with E-state index in [1.54, 1.807) is 12.1 Å². The molecular weight excluding hydrogens is 344 g/mol. The number of halogens is 2. The quantitative estimate of drug-likeness (QED) is 0.714. The SMILES string of the molecule is COc1ccc(C)cc1C(=O)CCC(=O)Nc1ccc(OC(F)F)cc1. The molecule has 0 spiro atoms. The Morgan fingerprint density at radius 2 is 1.77 bits per heavy atom. The fourth-order valence-electron chi connectivity index (χ4n) is 2.34. The van der Waals surface area contributed by atoms with Crippen molar-refractivity contribution in [1.29, 1.82) is 0 Å². The first-order chi connectivity index (χ1) is 12.4. The van der Waals surface area contributed by atoms with Gasteiger partial charge >= 0.3 is 6.61 Å². The Morgan fingerprint density at radius 3 is 2.38 bits per heavy atom. The first-order valence-corrected chi connectivity index (χ1v) is 7.91. The number of carbonyl (C=O) groups is 2. The molecule has 0 aliphatic rings. The smallest absolute Gasteiger partial charge is 0.387 e. The Morgan fingerprint density at radius 1 is 1.08 bits per heavy atom. The van der Waals surface area contributed by atoms with Crippen LogP contribution in [0.3, 0.4) is 0 Å². The third-order valence-electron chi connectivity index (χ3n) is 3.60.